The minimum atomic E-state index is -3.52. The van der Waals surface area contributed by atoms with Crippen molar-refractivity contribution in [3.63, 3.8) is 0 Å². The van der Waals surface area contributed by atoms with Crippen LogP contribution in [0, 0.1) is 6.92 Å². The van der Waals surface area contributed by atoms with Crippen LogP contribution in [-0.4, -0.2) is 52.2 Å². The van der Waals surface area contributed by atoms with E-state index in [1.807, 2.05) is 0 Å². The van der Waals surface area contributed by atoms with Gasteiger partial charge in [-0.25, -0.2) is 13.4 Å². The van der Waals surface area contributed by atoms with Gasteiger partial charge in [0.25, 0.3) is 0 Å². The van der Waals surface area contributed by atoms with Crippen molar-refractivity contribution in [2.45, 2.75) is 37.7 Å². The van der Waals surface area contributed by atoms with Gasteiger partial charge in [0.1, 0.15) is 16.5 Å². The quantitative estimate of drug-likeness (QED) is 0.492. The SMILES string of the molecule is Cc1ncc(CO)c(/C=N/Nc2ccc(S(=O)(=O)N3CCCCC3)cn2)c1O. The molecule has 0 atom stereocenters. The largest absolute Gasteiger partial charge is 0.505 e. The molecule has 0 aliphatic carbocycles. The molecule has 1 aliphatic rings. The molecule has 1 saturated heterocycles. The van der Waals surface area contributed by atoms with Crippen molar-refractivity contribution in [2.24, 2.45) is 5.10 Å². The molecule has 3 N–H and O–H groups in total. The van der Waals surface area contributed by atoms with E-state index in [-0.39, 0.29) is 17.3 Å². The molecule has 1 aliphatic heterocycles. The van der Waals surface area contributed by atoms with E-state index < -0.39 is 10.0 Å². The summed E-state index contributed by atoms with van der Waals surface area (Å²) in [6, 6.07) is 3.01. The highest BCUT2D eigenvalue weighted by molar-refractivity contribution is 7.89. The van der Waals surface area contributed by atoms with Gasteiger partial charge in [-0.05, 0) is 31.9 Å². The van der Waals surface area contributed by atoms with Crippen LogP contribution in [0.1, 0.15) is 36.1 Å². The second-order valence-electron chi connectivity index (χ2n) is 6.50. The van der Waals surface area contributed by atoms with E-state index in [9.17, 15) is 18.6 Å². The lowest BCUT2D eigenvalue weighted by Crippen LogP contribution is -2.35. The van der Waals surface area contributed by atoms with E-state index in [0.29, 0.717) is 35.7 Å². The number of aromatic nitrogens is 2. The average Bonchev–Trinajstić information content (AvgIpc) is 2.72. The molecule has 3 rings (SSSR count). The number of hydrazone groups is 1. The van der Waals surface area contributed by atoms with Crippen LogP contribution in [0.25, 0.3) is 0 Å². The smallest absolute Gasteiger partial charge is 0.244 e. The fourth-order valence-corrected chi connectivity index (χ4v) is 4.40. The zero-order chi connectivity index (χ0) is 20.1. The predicted molar refractivity (Wildman–Crippen MR) is 105 cm³/mol. The Hall–Kier alpha value is -2.56. The Kier molecular flexibility index (Phi) is 6.22. The number of aliphatic hydroxyl groups is 1. The highest BCUT2D eigenvalue weighted by atomic mass is 32.2. The van der Waals surface area contributed by atoms with E-state index in [1.165, 1.54) is 35.0 Å². The van der Waals surface area contributed by atoms with Crippen LogP contribution in [0.4, 0.5) is 5.82 Å². The van der Waals surface area contributed by atoms with Gasteiger partial charge >= 0.3 is 0 Å². The number of aliphatic hydroxyl groups excluding tert-OH is 1. The molecule has 2 aromatic heterocycles. The van der Waals surface area contributed by atoms with E-state index >= 15 is 0 Å². The molecule has 0 unspecified atom stereocenters. The summed E-state index contributed by atoms with van der Waals surface area (Å²) >= 11 is 0. The molecule has 0 saturated carbocycles. The lowest BCUT2D eigenvalue weighted by Gasteiger charge is -2.25. The first-order valence-corrected chi connectivity index (χ1v) is 10.4. The minimum Gasteiger partial charge on any atom is -0.505 e. The number of hydrogen-bond acceptors (Lipinski definition) is 8. The van der Waals surface area contributed by atoms with Gasteiger partial charge in [-0.15, -0.1) is 0 Å². The Labute approximate surface area is 163 Å². The lowest BCUT2D eigenvalue weighted by atomic mass is 10.1. The first-order chi connectivity index (χ1) is 13.4. The summed E-state index contributed by atoms with van der Waals surface area (Å²) in [7, 11) is -3.52. The Bertz CT molecular complexity index is 955. The molecule has 10 heteroatoms. The third-order valence-corrected chi connectivity index (χ3v) is 6.47. The van der Waals surface area contributed by atoms with Crippen molar-refractivity contribution in [1.82, 2.24) is 14.3 Å². The van der Waals surface area contributed by atoms with Crippen molar-refractivity contribution in [3.8, 4) is 5.75 Å². The maximum atomic E-state index is 12.6. The van der Waals surface area contributed by atoms with E-state index in [1.54, 1.807) is 6.92 Å². The first kappa shape index (κ1) is 20.2. The number of hydrogen-bond donors (Lipinski definition) is 3. The molecule has 150 valence electrons. The summed E-state index contributed by atoms with van der Waals surface area (Å²) in [6.45, 7) is 2.43. The number of nitrogens with zero attached hydrogens (tertiary/aromatic N) is 4. The standard InChI is InChI=1S/C18H23N5O4S/c1-13-18(25)16(14(12-24)9-19-13)11-21-22-17-6-5-15(10-20-17)28(26,27)23-7-3-2-4-8-23/h5-6,9-11,24-25H,2-4,7-8,12H2,1H3,(H,20,22)/b21-11+. The van der Waals surface area contributed by atoms with Gasteiger partial charge in [0, 0.05) is 36.6 Å². The van der Waals surface area contributed by atoms with E-state index in [2.05, 4.69) is 20.5 Å². The number of pyridine rings is 2. The lowest BCUT2D eigenvalue weighted by molar-refractivity contribution is 0.280. The predicted octanol–water partition coefficient (Wildman–Crippen LogP) is 1.60. The average molecular weight is 405 g/mol. The number of sulfonamides is 1. The summed E-state index contributed by atoms with van der Waals surface area (Å²) in [4.78, 5) is 8.23. The van der Waals surface area contributed by atoms with Gasteiger partial charge in [-0.3, -0.25) is 10.4 Å². The molecular formula is C18H23N5O4S. The summed E-state index contributed by atoms with van der Waals surface area (Å²) in [5.41, 5.74) is 3.89. The number of nitrogens with one attached hydrogen (secondary N) is 1. The van der Waals surface area contributed by atoms with Crippen LogP contribution in [0.2, 0.25) is 0 Å². The number of piperidine rings is 1. The third-order valence-electron chi connectivity index (χ3n) is 4.59. The highest BCUT2D eigenvalue weighted by Gasteiger charge is 2.26. The van der Waals surface area contributed by atoms with Crippen molar-refractivity contribution >= 4 is 22.1 Å². The molecule has 0 radical (unpaired) electrons. The zero-order valence-electron chi connectivity index (χ0n) is 15.5. The van der Waals surface area contributed by atoms with Gasteiger partial charge in [-0.1, -0.05) is 6.42 Å². The van der Waals surface area contributed by atoms with Crippen LogP contribution >= 0.6 is 0 Å². The van der Waals surface area contributed by atoms with E-state index in [0.717, 1.165) is 19.3 Å². The van der Waals surface area contributed by atoms with Gasteiger partial charge < -0.3 is 10.2 Å². The second kappa shape index (κ2) is 8.63. The van der Waals surface area contributed by atoms with Gasteiger partial charge in [0.2, 0.25) is 10.0 Å². The Morgan fingerprint density at radius 1 is 1.21 bits per heavy atom. The van der Waals surface area contributed by atoms with Crippen molar-refractivity contribution in [1.29, 1.82) is 0 Å². The van der Waals surface area contributed by atoms with Gasteiger partial charge in [0.05, 0.1) is 18.5 Å². The molecule has 1 fully saturated rings. The van der Waals surface area contributed by atoms with Crippen LogP contribution in [0.15, 0.2) is 34.5 Å². The number of aromatic hydroxyl groups is 1. The molecule has 3 heterocycles. The second-order valence-corrected chi connectivity index (χ2v) is 8.44. The monoisotopic (exact) mass is 405 g/mol. The fraction of sp³-hybridized carbons (Fsp3) is 0.389. The molecule has 0 amide bonds. The van der Waals surface area contributed by atoms with Crippen molar-refractivity contribution in [2.75, 3.05) is 18.5 Å². The Morgan fingerprint density at radius 3 is 2.61 bits per heavy atom. The maximum Gasteiger partial charge on any atom is 0.244 e. The molecule has 9 nitrogen and oxygen atoms in total. The fourth-order valence-electron chi connectivity index (χ4n) is 2.94. The molecule has 0 aromatic carbocycles. The van der Waals surface area contributed by atoms with Gasteiger partial charge in [-0.2, -0.15) is 9.41 Å². The van der Waals surface area contributed by atoms with E-state index in [4.69, 9.17) is 0 Å². The number of anilines is 1. The summed E-state index contributed by atoms with van der Waals surface area (Å²) in [5, 5.41) is 23.4. The highest BCUT2D eigenvalue weighted by Crippen LogP contribution is 2.23. The topological polar surface area (TPSA) is 128 Å². The normalized spacial score (nSPS) is 15.8. The number of rotatable bonds is 6. The molecule has 2 aromatic rings. The molecule has 28 heavy (non-hydrogen) atoms. The molecule has 0 bridgehead atoms. The van der Waals surface area contributed by atoms with Crippen LogP contribution < -0.4 is 5.43 Å². The summed E-state index contributed by atoms with van der Waals surface area (Å²) in [5.74, 6) is 0.290. The number of aryl methyl sites for hydroxylation is 1. The van der Waals surface area contributed by atoms with Crippen LogP contribution in [0.3, 0.4) is 0 Å². The summed E-state index contributed by atoms with van der Waals surface area (Å²) in [6.07, 6.45) is 6.92. The van der Waals surface area contributed by atoms with Crippen molar-refractivity contribution in [3.05, 3.63) is 41.3 Å². The van der Waals surface area contributed by atoms with Crippen molar-refractivity contribution < 1.29 is 18.6 Å². The Morgan fingerprint density at radius 2 is 1.96 bits per heavy atom. The third kappa shape index (κ3) is 4.29. The summed E-state index contributed by atoms with van der Waals surface area (Å²) < 4.78 is 26.7. The minimum absolute atomic E-state index is 0.0620. The maximum absolute atomic E-state index is 12.6. The Balaban J connectivity index is 1.72. The van der Waals surface area contributed by atoms with Crippen LogP contribution in [-0.2, 0) is 16.6 Å². The van der Waals surface area contributed by atoms with Crippen LogP contribution in [0.5, 0.6) is 5.75 Å². The molecular weight excluding hydrogens is 382 g/mol. The van der Waals surface area contributed by atoms with Gasteiger partial charge in [0.15, 0.2) is 0 Å². The zero-order valence-corrected chi connectivity index (χ0v) is 16.4. The molecule has 0 spiro atoms. The first-order valence-electron chi connectivity index (χ1n) is 8.97.